The molecule has 0 amide bonds. The second kappa shape index (κ2) is 2.69. The fourth-order valence-corrected chi connectivity index (χ4v) is 0.958. The SMILES string of the molecule is c1cn(CC2=NOCC2)nn1. The summed E-state index contributed by atoms with van der Waals surface area (Å²) in [6, 6.07) is 0. The highest BCUT2D eigenvalue weighted by Crippen LogP contribution is 2.01. The molecule has 2 heterocycles. The van der Waals surface area contributed by atoms with Crippen molar-refractivity contribution in [2.45, 2.75) is 13.0 Å². The van der Waals surface area contributed by atoms with Crippen LogP contribution in [0.4, 0.5) is 0 Å². The first kappa shape index (κ1) is 6.33. The van der Waals surface area contributed by atoms with Gasteiger partial charge in [-0.25, -0.2) is 4.68 Å². The Hall–Kier alpha value is -1.39. The van der Waals surface area contributed by atoms with Crippen LogP contribution >= 0.6 is 0 Å². The molecule has 0 unspecified atom stereocenters. The Morgan fingerprint density at radius 3 is 3.27 bits per heavy atom. The van der Waals surface area contributed by atoms with Crippen LogP contribution in [0.1, 0.15) is 6.42 Å². The monoisotopic (exact) mass is 152 g/mol. The van der Waals surface area contributed by atoms with E-state index in [9.17, 15) is 0 Å². The maximum atomic E-state index is 4.83. The molecule has 5 heteroatoms. The first-order valence-electron chi connectivity index (χ1n) is 3.47. The summed E-state index contributed by atoms with van der Waals surface area (Å²) >= 11 is 0. The largest absolute Gasteiger partial charge is 0.395 e. The van der Waals surface area contributed by atoms with E-state index >= 15 is 0 Å². The lowest BCUT2D eigenvalue weighted by Gasteiger charge is -1.94. The zero-order valence-electron chi connectivity index (χ0n) is 5.97. The van der Waals surface area contributed by atoms with Crippen LogP contribution < -0.4 is 0 Å². The van der Waals surface area contributed by atoms with Crippen molar-refractivity contribution in [1.82, 2.24) is 15.0 Å². The molecule has 0 aromatic carbocycles. The molecule has 1 aliphatic rings. The van der Waals surface area contributed by atoms with Gasteiger partial charge in [0.15, 0.2) is 0 Å². The van der Waals surface area contributed by atoms with Crippen LogP contribution in [-0.2, 0) is 11.4 Å². The van der Waals surface area contributed by atoms with E-state index in [2.05, 4.69) is 15.5 Å². The normalized spacial score (nSPS) is 16.2. The smallest absolute Gasteiger partial charge is 0.122 e. The number of hydrogen-bond donors (Lipinski definition) is 0. The molecule has 2 rings (SSSR count). The minimum atomic E-state index is 0.694. The van der Waals surface area contributed by atoms with Gasteiger partial charge < -0.3 is 4.84 Å². The van der Waals surface area contributed by atoms with Gasteiger partial charge in [0.05, 0.1) is 18.5 Å². The summed E-state index contributed by atoms with van der Waals surface area (Å²) in [6.45, 7) is 1.39. The lowest BCUT2D eigenvalue weighted by Crippen LogP contribution is -2.08. The van der Waals surface area contributed by atoms with Crippen molar-refractivity contribution in [2.24, 2.45) is 5.16 Å². The molecule has 1 aliphatic heterocycles. The molecule has 0 bridgehead atoms. The standard InChI is InChI=1S/C6H8N4O/c1-4-11-8-6(1)5-10-3-2-7-9-10/h2-3H,1,4-5H2. The average molecular weight is 152 g/mol. The summed E-state index contributed by atoms with van der Waals surface area (Å²) in [5, 5.41) is 11.3. The van der Waals surface area contributed by atoms with Crippen LogP contribution in [-0.4, -0.2) is 27.3 Å². The van der Waals surface area contributed by atoms with E-state index in [0.29, 0.717) is 13.2 Å². The molecule has 0 saturated heterocycles. The van der Waals surface area contributed by atoms with E-state index < -0.39 is 0 Å². The van der Waals surface area contributed by atoms with Gasteiger partial charge in [0.1, 0.15) is 6.61 Å². The molecule has 0 atom stereocenters. The van der Waals surface area contributed by atoms with Crippen LogP contribution in [0.3, 0.4) is 0 Å². The van der Waals surface area contributed by atoms with Crippen molar-refractivity contribution in [3.8, 4) is 0 Å². The van der Waals surface area contributed by atoms with Crippen molar-refractivity contribution >= 4 is 5.71 Å². The fraction of sp³-hybridized carbons (Fsp3) is 0.500. The topological polar surface area (TPSA) is 52.3 Å². The van der Waals surface area contributed by atoms with E-state index in [4.69, 9.17) is 4.84 Å². The molecule has 1 aromatic rings. The minimum Gasteiger partial charge on any atom is -0.395 e. The molecule has 1 aromatic heterocycles. The van der Waals surface area contributed by atoms with Gasteiger partial charge in [0.2, 0.25) is 0 Å². The Kier molecular flexibility index (Phi) is 1.55. The quantitative estimate of drug-likeness (QED) is 0.601. The second-order valence-electron chi connectivity index (χ2n) is 2.34. The van der Waals surface area contributed by atoms with Crippen LogP contribution in [0.2, 0.25) is 0 Å². The summed E-state index contributed by atoms with van der Waals surface area (Å²) in [5.41, 5.74) is 1.02. The third-order valence-electron chi connectivity index (χ3n) is 1.49. The van der Waals surface area contributed by atoms with Crippen LogP contribution in [0.5, 0.6) is 0 Å². The first-order valence-corrected chi connectivity index (χ1v) is 3.47. The summed E-state index contributed by atoms with van der Waals surface area (Å²) in [5.74, 6) is 0. The van der Waals surface area contributed by atoms with Crippen molar-refractivity contribution in [2.75, 3.05) is 6.61 Å². The number of oxime groups is 1. The van der Waals surface area contributed by atoms with E-state index in [0.717, 1.165) is 12.1 Å². The number of hydrogen-bond acceptors (Lipinski definition) is 4. The Morgan fingerprint density at radius 2 is 2.64 bits per heavy atom. The molecule has 0 radical (unpaired) electrons. The fourth-order valence-electron chi connectivity index (χ4n) is 0.958. The molecule has 0 fully saturated rings. The molecule has 0 saturated carbocycles. The number of aromatic nitrogens is 3. The third kappa shape index (κ3) is 1.36. The van der Waals surface area contributed by atoms with Gasteiger partial charge in [0.25, 0.3) is 0 Å². The molecular formula is C6H8N4O. The predicted octanol–water partition coefficient (Wildman–Crippen LogP) is 0.0544. The summed E-state index contributed by atoms with van der Waals surface area (Å²) in [7, 11) is 0. The van der Waals surface area contributed by atoms with Crippen molar-refractivity contribution < 1.29 is 4.84 Å². The molecule has 0 N–H and O–H groups in total. The van der Waals surface area contributed by atoms with Gasteiger partial charge >= 0.3 is 0 Å². The van der Waals surface area contributed by atoms with Crippen LogP contribution in [0.25, 0.3) is 0 Å². The van der Waals surface area contributed by atoms with Crippen molar-refractivity contribution in [1.29, 1.82) is 0 Å². The molecule has 0 spiro atoms. The Balaban J connectivity index is 2.00. The lowest BCUT2D eigenvalue weighted by atomic mass is 10.3. The second-order valence-corrected chi connectivity index (χ2v) is 2.34. The Bertz CT molecular complexity index is 254. The first-order chi connectivity index (χ1) is 5.45. The number of rotatable bonds is 2. The highest BCUT2D eigenvalue weighted by Gasteiger charge is 2.08. The maximum Gasteiger partial charge on any atom is 0.122 e. The summed E-state index contributed by atoms with van der Waals surface area (Å²) in [6.07, 6.45) is 4.36. The minimum absolute atomic E-state index is 0.694. The molecule has 0 aliphatic carbocycles. The van der Waals surface area contributed by atoms with Crippen molar-refractivity contribution in [3.63, 3.8) is 0 Å². The predicted molar refractivity (Wildman–Crippen MR) is 38.0 cm³/mol. The van der Waals surface area contributed by atoms with Gasteiger partial charge in [-0.05, 0) is 0 Å². The van der Waals surface area contributed by atoms with E-state index in [1.165, 1.54) is 0 Å². The van der Waals surface area contributed by atoms with Gasteiger partial charge in [-0.1, -0.05) is 10.4 Å². The van der Waals surface area contributed by atoms with E-state index in [-0.39, 0.29) is 0 Å². The summed E-state index contributed by atoms with van der Waals surface area (Å²) in [4.78, 5) is 4.83. The molecule has 5 nitrogen and oxygen atoms in total. The van der Waals surface area contributed by atoms with Crippen LogP contribution in [0, 0.1) is 0 Å². The van der Waals surface area contributed by atoms with Crippen LogP contribution in [0.15, 0.2) is 17.5 Å². The summed E-state index contributed by atoms with van der Waals surface area (Å²) < 4.78 is 1.73. The Morgan fingerprint density at radius 1 is 1.64 bits per heavy atom. The van der Waals surface area contributed by atoms with Crippen molar-refractivity contribution in [3.05, 3.63) is 12.4 Å². The average Bonchev–Trinajstić information content (AvgIpc) is 2.60. The van der Waals surface area contributed by atoms with Gasteiger partial charge in [-0.3, -0.25) is 0 Å². The highest BCUT2D eigenvalue weighted by molar-refractivity contribution is 5.84. The molecular weight excluding hydrogens is 144 g/mol. The third-order valence-corrected chi connectivity index (χ3v) is 1.49. The van der Waals surface area contributed by atoms with Gasteiger partial charge in [-0.15, -0.1) is 5.10 Å². The molecule has 58 valence electrons. The van der Waals surface area contributed by atoms with E-state index in [1.54, 1.807) is 17.1 Å². The maximum absolute atomic E-state index is 4.83. The number of nitrogens with zero attached hydrogens (tertiary/aromatic N) is 4. The lowest BCUT2D eigenvalue weighted by molar-refractivity contribution is 0.173. The molecule has 11 heavy (non-hydrogen) atoms. The zero-order chi connectivity index (χ0) is 7.52. The van der Waals surface area contributed by atoms with E-state index in [1.807, 2.05) is 0 Å². The zero-order valence-corrected chi connectivity index (χ0v) is 5.97. The highest BCUT2D eigenvalue weighted by atomic mass is 16.6. The Labute approximate surface area is 63.6 Å². The van der Waals surface area contributed by atoms with Gasteiger partial charge in [-0.2, -0.15) is 0 Å². The van der Waals surface area contributed by atoms with Gasteiger partial charge in [0, 0.05) is 12.6 Å².